The standard InChI is InChI=1S/C5H10FN/c1-4-5(6)2-3-7-4/h4-5,7H,2-3H2,1H3. The summed E-state index contributed by atoms with van der Waals surface area (Å²) in [6, 6.07) is 0.0972. The van der Waals surface area contributed by atoms with Gasteiger partial charge in [-0.25, -0.2) is 4.39 Å². The Labute approximate surface area is 42.9 Å². The molecule has 0 saturated carbocycles. The monoisotopic (exact) mass is 103 g/mol. The van der Waals surface area contributed by atoms with Gasteiger partial charge in [-0.15, -0.1) is 0 Å². The molecular formula is C5H10FN. The molecule has 0 amide bonds. The van der Waals surface area contributed by atoms with Gasteiger partial charge in [0, 0.05) is 6.04 Å². The summed E-state index contributed by atoms with van der Waals surface area (Å²) >= 11 is 0. The molecule has 1 rings (SSSR count). The topological polar surface area (TPSA) is 12.0 Å². The van der Waals surface area contributed by atoms with Gasteiger partial charge in [0.15, 0.2) is 0 Å². The molecule has 1 heterocycles. The summed E-state index contributed by atoms with van der Waals surface area (Å²) in [5.41, 5.74) is 0. The molecule has 1 fully saturated rings. The fourth-order valence-electron chi connectivity index (χ4n) is 0.827. The highest BCUT2D eigenvalue weighted by Gasteiger charge is 2.20. The van der Waals surface area contributed by atoms with E-state index in [9.17, 15) is 4.39 Å². The molecule has 42 valence electrons. The first-order chi connectivity index (χ1) is 3.30. The van der Waals surface area contributed by atoms with Crippen LogP contribution in [0.4, 0.5) is 4.39 Å². The summed E-state index contributed by atoms with van der Waals surface area (Å²) in [6.45, 7) is 2.72. The van der Waals surface area contributed by atoms with Gasteiger partial charge in [-0.1, -0.05) is 0 Å². The summed E-state index contributed by atoms with van der Waals surface area (Å²) in [6.07, 6.45) is 0.0984. The summed E-state index contributed by atoms with van der Waals surface area (Å²) in [5, 5.41) is 2.99. The third kappa shape index (κ3) is 0.911. The normalized spacial score (nSPS) is 42.0. The van der Waals surface area contributed by atoms with Crippen LogP contribution in [0.25, 0.3) is 0 Å². The lowest BCUT2D eigenvalue weighted by Gasteiger charge is -2.01. The van der Waals surface area contributed by atoms with E-state index in [1.165, 1.54) is 0 Å². The minimum absolute atomic E-state index is 0.0972. The number of halogens is 1. The third-order valence-corrected chi connectivity index (χ3v) is 1.43. The molecule has 2 unspecified atom stereocenters. The van der Waals surface area contributed by atoms with E-state index in [0.717, 1.165) is 6.54 Å². The highest BCUT2D eigenvalue weighted by molar-refractivity contribution is 4.78. The van der Waals surface area contributed by atoms with Crippen molar-refractivity contribution >= 4 is 0 Å². The van der Waals surface area contributed by atoms with E-state index in [1.807, 2.05) is 6.92 Å². The van der Waals surface area contributed by atoms with Gasteiger partial charge in [-0.3, -0.25) is 0 Å². The van der Waals surface area contributed by atoms with E-state index in [-0.39, 0.29) is 6.04 Å². The third-order valence-electron chi connectivity index (χ3n) is 1.43. The van der Waals surface area contributed by atoms with E-state index in [1.54, 1.807) is 0 Å². The van der Waals surface area contributed by atoms with Crippen molar-refractivity contribution in [1.29, 1.82) is 0 Å². The largest absolute Gasteiger partial charge is 0.311 e. The average Bonchev–Trinajstić information content (AvgIpc) is 1.91. The van der Waals surface area contributed by atoms with Crippen LogP contribution in [0.2, 0.25) is 0 Å². The molecule has 1 N–H and O–H groups in total. The van der Waals surface area contributed by atoms with Crippen molar-refractivity contribution in [2.24, 2.45) is 0 Å². The summed E-state index contributed by atoms with van der Waals surface area (Å²) in [4.78, 5) is 0. The molecule has 1 aliphatic rings. The minimum Gasteiger partial charge on any atom is -0.311 e. The predicted molar refractivity (Wildman–Crippen MR) is 27.0 cm³/mol. The zero-order valence-electron chi connectivity index (χ0n) is 4.45. The van der Waals surface area contributed by atoms with E-state index in [4.69, 9.17) is 0 Å². The lowest BCUT2D eigenvalue weighted by Crippen LogP contribution is -2.23. The molecule has 0 radical (unpaired) electrons. The van der Waals surface area contributed by atoms with Gasteiger partial charge < -0.3 is 5.32 Å². The molecule has 1 saturated heterocycles. The molecule has 0 aromatic rings. The van der Waals surface area contributed by atoms with Crippen molar-refractivity contribution in [3.8, 4) is 0 Å². The van der Waals surface area contributed by atoms with Crippen LogP contribution < -0.4 is 5.32 Å². The molecule has 0 bridgehead atoms. The van der Waals surface area contributed by atoms with Crippen LogP contribution in [-0.4, -0.2) is 18.8 Å². The molecule has 0 spiro atoms. The van der Waals surface area contributed by atoms with Crippen LogP contribution in [-0.2, 0) is 0 Å². The maximum Gasteiger partial charge on any atom is 0.116 e. The van der Waals surface area contributed by atoms with Crippen LogP contribution in [0, 0.1) is 0 Å². The lowest BCUT2D eigenvalue weighted by atomic mass is 10.2. The van der Waals surface area contributed by atoms with Gasteiger partial charge in [0.25, 0.3) is 0 Å². The maximum atomic E-state index is 12.3. The molecule has 0 aromatic heterocycles. The van der Waals surface area contributed by atoms with Crippen molar-refractivity contribution in [2.45, 2.75) is 25.6 Å². The van der Waals surface area contributed by atoms with E-state index < -0.39 is 6.17 Å². The number of hydrogen-bond acceptors (Lipinski definition) is 1. The van der Waals surface area contributed by atoms with Crippen molar-refractivity contribution in [1.82, 2.24) is 5.32 Å². The predicted octanol–water partition coefficient (Wildman–Crippen LogP) is 0.706. The molecule has 2 heteroatoms. The Hall–Kier alpha value is -0.110. The second kappa shape index (κ2) is 1.78. The van der Waals surface area contributed by atoms with Gasteiger partial charge in [0.1, 0.15) is 6.17 Å². The quantitative estimate of drug-likeness (QED) is 0.476. The Morgan fingerprint density at radius 3 is 2.57 bits per heavy atom. The first-order valence-corrected chi connectivity index (χ1v) is 2.68. The Kier molecular flexibility index (Phi) is 1.28. The highest BCUT2D eigenvalue weighted by Crippen LogP contribution is 2.08. The lowest BCUT2D eigenvalue weighted by molar-refractivity contribution is 0.313. The summed E-state index contributed by atoms with van der Waals surface area (Å²) < 4.78 is 12.3. The Balaban J connectivity index is 2.33. The average molecular weight is 103 g/mol. The number of rotatable bonds is 0. The fourth-order valence-corrected chi connectivity index (χ4v) is 0.827. The van der Waals surface area contributed by atoms with E-state index >= 15 is 0 Å². The first kappa shape index (κ1) is 5.04. The second-order valence-electron chi connectivity index (χ2n) is 2.05. The fraction of sp³-hybridized carbons (Fsp3) is 1.00. The number of hydrogen-bond donors (Lipinski definition) is 1. The molecule has 1 nitrogen and oxygen atoms in total. The number of nitrogens with one attached hydrogen (secondary N) is 1. The molecular weight excluding hydrogens is 93.1 g/mol. The van der Waals surface area contributed by atoms with Gasteiger partial charge in [0.05, 0.1) is 0 Å². The molecule has 0 aromatic carbocycles. The van der Waals surface area contributed by atoms with Crippen molar-refractivity contribution in [3.05, 3.63) is 0 Å². The van der Waals surface area contributed by atoms with E-state index in [0.29, 0.717) is 6.42 Å². The zero-order valence-corrected chi connectivity index (χ0v) is 4.45. The Bertz CT molecular complexity index is 57.1. The van der Waals surface area contributed by atoms with Gasteiger partial charge in [0.2, 0.25) is 0 Å². The summed E-state index contributed by atoms with van der Waals surface area (Å²) in [7, 11) is 0. The molecule has 7 heavy (non-hydrogen) atoms. The maximum absolute atomic E-state index is 12.3. The van der Waals surface area contributed by atoms with Gasteiger partial charge >= 0.3 is 0 Å². The second-order valence-corrected chi connectivity index (χ2v) is 2.05. The molecule has 0 aliphatic carbocycles. The zero-order chi connectivity index (χ0) is 5.28. The Morgan fingerprint density at radius 1 is 1.71 bits per heavy atom. The van der Waals surface area contributed by atoms with Crippen LogP contribution in [0.1, 0.15) is 13.3 Å². The highest BCUT2D eigenvalue weighted by atomic mass is 19.1. The minimum atomic E-state index is -0.597. The Morgan fingerprint density at radius 2 is 2.43 bits per heavy atom. The first-order valence-electron chi connectivity index (χ1n) is 2.68. The summed E-state index contributed by atoms with van der Waals surface area (Å²) in [5.74, 6) is 0. The van der Waals surface area contributed by atoms with Crippen molar-refractivity contribution in [2.75, 3.05) is 6.54 Å². The number of alkyl halides is 1. The van der Waals surface area contributed by atoms with Crippen LogP contribution in [0.15, 0.2) is 0 Å². The van der Waals surface area contributed by atoms with Crippen LogP contribution in [0.3, 0.4) is 0 Å². The van der Waals surface area contributed by atoms with Crippen molar-refractivity contribution < 1.29 is 4.39 Å². The van der Waals surface area contributed by atoms with Crippen LogP contribution >= 0.6 is 0 Å². The smallest absolute Gasteiger partial charge is 0.116 e. The van der Waals surface area contributed by atoms with E-state index in [2.05, 4.69) is 5.32 Å². The SMILES string of the molecule is CC1NCCC1F. The van der Waals surface area contributed by atoms with Gasteiger partial charge in [-0.05, 0) is 19.9 Å². The van der Waals surface area contributed by atoms with Gasteiger partial charge in [-0.2, -0.15) is 0 Å². The molecule has 2 atom stereocenters. The van der Waals surface area contributed by atoms with Crippen molar-refractivity contribution in [3.63, 3.8) is 0 Å². The molecule has 1 aliphatic heterocycles. The van der Waals surface area contributed by atoms with Crippen LogP contribution in [0.5, 0.6) is 0 Å².